The minimum absolute atomic E-state index is 0.0132. The Labute approximate surface area is 383 Å². The molecule has 65 heavy (non-hydrogen) atoms. The molecule has 0 saturated carbocycles. The first-order valence-electron chi connectivity index (χ1n) is 23.8. The Kier molecular flexibility index (Phi) is 7.99. The van der Waals surface area contributed by atoms with Gasteiger partial charge < -0.3 is 0 Å². The van der Waals surface area contributed by atoms with Crippen LogP contribution in [0.25, 0.3) is 99.1 Å². The molecule has 0 N–H and O–H groups in total. The van der Waals surface area contributed by atoms with Crippen molar-refractivity contribution in [2.45, 2.75) is 70.6 Å². The van der Waals surface area contributed by atoms with Crippen molar-refractivity contribution < 1.29 is 0 Å². The fraction of sp³-hybridized carbons (Fsp3) is 0.169. The first kappa shape index (κ1) is 38.4. The third-order valence-corrected chi connectivity index (χ3v) is 16.6. The van der Waals surface area contributed by atoms with Crippen molar-refractivity contribution >= 4 is 32.3 Å². The quantitative estimate of drug-likeness (QED) is 0.152. The molecule has 0 amide bonds. The molecule has 0 spiro atoms. The van der Waals surface area contributed by atoms with E-state index in [0.29, 0.717) is 0 Å². The first-order chi connectivity index (χ1) is 31.6. The lowest BCUT2D eigenvalue weighted by molar-refractivity contribution is 0.490. The van der Waals surface area contributed by atoms with Crippen molar-refractivity contribution in [2.24, 2.45) is 0 Å². The monoisotopic (exact) mass is 832 g/mol. The molecule has 0 radical (unpaired) electrons. The summed E-state index contributed by atoms with van der Waals surface area (Å²) in [5.74, 6) is 0. The summed E-state index contributed by atoms with van der Waals surface area (Å²) in [4.78, 5) is 0. The average Bonchev–Trinajstić information content (AvgIpc) is 3.86. The Morgan fingerprint density at radius 3 is 1.20 bits per heavy atom. The van der Waals surface area contributed by atoms with Crippen LogP contribution in [0.2, 0.25) is 0 Å². The summed E-state index contributed by atoms with van der Waals surface area (Å²) >= 11 is 0. The van der Waals surface area contributed by atoms with Crippen molar-refractivity contribution in [2.75, 3.05) is 0 Å². The number of benzene rings is 10. The van der Waals surface area contributed by atoms with Gasteiger partial charge in [-0.25, -0.2) is 0 Å². The summed E-state index contributed by atoms with van der Waals surface area (Å²) < 4.78 is 0. The summed E-state index contributed by atoms with van der Waals surface area (Å²) in [7, 11) is 0. The van der Waals surface area contributed by atoms with Crippen LogP contribution in [0, 0.1) is 0 Å². The predicted molar refractivity (Wildman–Crippen MR) is 277 cm³/mol. The molecule has 13 rings (SSSR count). The SMILES string of the molecule is CCC1(CC)c2ccccc2-c2ccc(-c3ccc4c(-c5ccc6c(c5)C(C)(C)c5ccccc5-6)cc5c6ccccc6c(-c6ccc7c(c6)C(C)(C)c6ccccc6-7)cc5c4c3)cc21. The van der Waals surface area contributed by atoms with Crippen molar-refractivity contribution in [1.82, 2.24) is 0 Å². The Bertz CT molecular complexity index is 3680. The van der Waals surface area contributed by atoms with E-state index in [9.17, 15) is 0 Å². The first-order valence-corrected chi connectivity index (χ1v) is 23.8. The number of fused-ring (bicyclic) bond motifs is 14. The van der Waals surface area contributed by atoms with E-state index in [1.807, 2.05) is 0 Å². The van der Waals surface area contributed by atoms with E-state index in [2.05, 4.69) is 224 Å². The maximum Gasteiger partial charge on any atom is 0.0210 e. The molecule has 312 valence electrons. The van der Waals surface area contributed by atoms with Gasteiger partial charge in [0.25, 0.3) is 0 Å². The van der Waals surface area contributed by atoms with Crippen LogP contribution in [0.1, 0.15) is 87.8 Å². The molecule has 0 saturated heterocycles. The third-order valence-electron chi connectivity index (χ3n) is 16.6. The topological polar surface area (TPSA) is 0 Å². The Balaban J connectivity index is 1.07. The second-order valence-corrected chi connectivity index (χ2v) is 20.2. The maximum atomic E-state index is 2.53. The molecule has 0 heterocycles. The van der Waals surface area contributed by atoms with Gasteiger partial charge in [0, 0.05) is 16.2 Å². The summed E-state index contributed by atoms with van der Waals surface area (Å²) in [5, 5.41) is 7.74. The minimum Gasteiger partial charge on any atom is -0.0642 e. The normalized spacial score (nSPS) is 15.4. The lowest BCUT2D eigenvalue weighted by Crippen LogP contribution is -2.23. The third kappa shape index (κ3) is 5.14. The summed E-state index contributed by atoms with van der Waals surface area (Å²) in [6.45, 7) is 14.3. The largest absolute Gasteiger partial charge is 0.0642 e. The van der Waals surface area contributed by atoms with Gasteiger partial charge in [0.1, 0.15) is 0 Å². The van der Waals surface area contributed by atoms with Gasteiger partial charge in [-0.2, -0.15) is 0 Å². The molecule has 0 heteroatoms. The van der Waals surface area contributed by atoms with Crippen LogP contribution >= 0.6 is 0 Å². The number of hydrogen-bond acceptors (Lipinski definition) is 0. The van der Waals surface area contributed by atoms with Crippen molar-refractivity contribution in [3.63, 3.8) is 0 Å². The van der Waals surface area contributed by atoms with E-state index in [1.54, 1.807) is 0 Å². The lowest BCUT2D eigenvalue weighted by Gasteiger charge is -2.30. The molecular formula is C65H52. The highest BCUT2D eigenvalue weighted by Gasteiger charge is 2.41. The maximum absolute atomic E-state index is 2.53. The smallest absolute Gasteiger partial charge is 0.0210 e. The second-order valence-electron chi connectivity index (χ2n) is 20.2. The van der Waals surface area contributed by atoms with Crippen LogP contribution in [0.15, 0.2) is 182 Å². The van der Waals surface area contributed by atoms with Gasteiger partial charge in [-0.05, 0) is 182 Å². The Morgan fingerprint density at radius 1 is 0.262 bits per heavy atom. The van der Waals surface area contributed by atoms with Gasteiger partial charge in [-0.1, -0.05) is 187 Å². The number of hydrogen-bond donors (Lipinski definition) is 0. The standard InChI is InChI=1S/C65H52/c1-7-65(8-2)59-24-16-13-21-48(59)51-30-26-40(34-62(51)65)39-25-29-45-53(42-28-32-50-47-20-12-15-23-58(47)64(5,6)61(50)36-42)37-55-44-18-10-9-17-43(44)52(38-56(55)54(45)33-39)41-27-31-49-46-19-11-14-22-57(46)63(3,4)60(49)35-41/h9-38H,7-8H2,1-6H3. The summed E-state index contributed by atoms with van der Waals surface area (Å²) in [5.41, 5.74) is 24.3. The molecule has 0 aromatic heterocycles. The van der Waals surface area contributed by atoms with E-state index < -0.39 is 0 Å². The molecule has 10 aromatic rings. The fourth-order valence-electron chi connectivity index (χ4n) is 13.0. The number of rotatable bonds is 5. The zero-order valence-corrected chi connectivity index (χ0v) is 38.2. The van der Waals surface area contributed by atoms with Gasteiger partial charge in [0.05, 0.1) is 0 Å². The lowest BCUT2D eigenvalue weighted by atomic mass is 9.73. The van der Waals surface area contributed by atoms with E-state index in [4.69, 9.17) is 0 Å². The molecule has 0 bridgehead atoms. The molecule has 0 atom stereocenters. The van der Waals surface area contributed by atoms with Crippen molar-refractivity contribution in [3.05, 3.63) is 215 Å². The summed E-state index contributed by atoms with van der Waals surface area (Å²) in [6.07, 6.45) is 2.15. The summed E-state index contributed by atoms with van der Waals surface area (Å²) in [6, 6.07) is 70.3. The van der Waals surface area contributed by atoms with Gasteiger partial charge in [-0.3, -0.25) is 0 Å². The minimum atomic E-state index is -0.0887. The van der Waals surface area contributed by atoms with Gasteiger partial charge >= 0.3 is 0 Å². The fourth-order valence-corrected chi connectivity index (χ4v) is 13.0. The van der Waals surface area contributed by atoms with Crippen LogP contribution in [-0.2, 0) is 16.2 Å². The molecule has 0 aliphatic heterocycles. The van der Waals surface area contributed by atoms with Gasteiger partial charge in [-0.15, -0.1) is 0 Å². The van der Waals surface area contributed by atoms with E-state index in [1.165, 1.54) is 132 Å². The highest BCUT2D eigenvalue weighted by Crippen LogP contribution is 2.55. The van der Waals surface area contributed by atoms with Crippen LogP contribution in [-0.4, -0.2) is 0 Å². The highest BCUT2D eigenvalue weighted by atomic mass is 14.4. The molecule has 0 nitrogen and oxygen atoms in total. The molecule has 0 unspecified atom stereocenters. The molecule has 10 aromatic carbocycles. The molecule has 3 aliphatic carbocycles. The van der Waals surface area contributed by atoms with E-state index in [-0.39, 0.29) is 16.2 Å². The van der Waals surface area contributed by atoms with Crippen molar-refractivity contribution in [3.8, 4) is 66.8 Å². The molecule has 3 aliphatic rings. The van der Waals surface area contributed by atoms with Crippen LogP contribution in [0.5, 0.6) is 0 Å². The van der Waals surface area contributed by atoms with E-state index in [0.717, 1.165) is 12.8 Å². The van der Waals surface area contributed by atoms with Gasteiger partial charge in [0.2, 0.25) is 0 Å². The zero-order chi connectivity index (χ0) is 44.0. The Hall–Kier alpha value is -7.02. The highest BCUT2D eigenvalue weighted by molar-refractivity contribution is 6.24. The van der Waals surface area contributed by atoms with Crippen molar-refractivity contribution in [1.29, 1.82) is 0 Å². The second kappa shape index (κ2) is 13.5. The van der Waals surface area contributed by atoms with Gasteiger partial charge in [0.15, 0.2) is 0 Å². The van der Waals surface area contributed by atoms with Crippen LogP contribution in [0.4, 0.5) is 0 Å². The predicted octanol–water partition coefficient (Wildman–Crippen LogP) is 17.8. The Morgan fingerprint density at radius 2 is 0.631 bits per heavy atom. The van der Waals surface area contributed by atoms with E-state index >= 15 is 0 Å². The average molecular weight is 833 g/mol. The zero-order valence-electron chi connectivity index (χ0n) is 38.2. The molecular weight excluding hydrogens is 781 g/mol. The van der Waals surface area contributed by atoms with Crippen LogP contribution < -0.4 is 0 Å². The molecule has 0 fully saturated rings. The van der Waals surface area contributed by atoms with Crippen LogP contribution in [0.3, 0.4) is 0 Å².